The van der Waals surface area contributed by atoms with Gasteiger partial charge in [0.25, 0.3) is 0 Å². The average molecular weight is 476 g/mol. The Hall–Kier alpha value is -1.74. The highest BCUT2D eigenvalue weighted by atomic mass is 35.5. The number of thiophene rings is 1. The molecule has 4 rings (SSSR count). The SMILES string of the molecule is O=S(=O)(NCC(c1ccccc1)N1CCN(Cc2ccc(Cl)s2)CC1)c1ccccc1. The monoisotopic (exact) mass is 475 g/mol. The summed E-state index contributed by atoms with van der Waals surface area (Å²) >= 11 is 7.69. The van der Waals surface area contributed by atoms with Gasteiger partial charge in [-0.1, -0.05) is 60.1 Å². The zero-order chi connectivity index (χ0) is 21.7. The van der Waals surface area contributed by atoms with E-state index in [9.17, 15) is 8.42 Å². The van der Waals surface area contributed by atoms with Crippen LogP contribution in [0, 0.1) is 0 Å². The van der Waals surface area contributed by atoms with Crippen LogP contribution in [0.3, 0.4) is 0 Å². The van der Waals surface area contributed by atoms with Gasteiger partial charge in [-0.2, -0.15) is 0 Å². The first-order chi connectivity index (χ1) is 15.0. The lowest BCUT2D eigenvalue weighted by atomic mass is 10.0. The van der Waals surface area contributed by atoms with Gasteiger partial charge in [-0.15, -0.1) is 11.3 Å². The number of nitrogens with zero attached hydrogens (tertiary/aromatic N) is 2. The third-order valence-electron chi connectivity index (χ3n) is 5.56. The molecule has 2 heterocycles. The molecule has 5 nitrogen and oxygen atoms in total. The van der Waals surface area contributed by atoms with Crippen LogP contribution in [0.1, 0.15) is 16.5 Å². The summed E-state index contributed by atoms with van der Waals surface area (Å²) in [6.07, 6.45) is 0. The molecule has 1 aliphatic heterocycles. The molecule has 0 spiro atoms. The first kappa shape index (κ1) is 22.5. The maximum absolute atomic E-state index is 12.8. The Balaban J connectivity index is 1.43. The minimum absolute atomic E-state index is 0.0157. The maximum Gasteiger partial charge on any atom is 0.240 e. The third-order valence-corrected chi connectivity index (χ3v) is 8.22. The van der Waals surface area contributed by atoms with Crippen molar-refractivity contribution in [3.8, 4) is 0 Å². The van der Waals surface area contributed by atoms with E-state index in [1.54, 1.807) is 35.6 Å². The van der Waals surface area contributed by atoms with Gasteiger partial charge in [0.15, 0.2) is 0 Å². The number of benzene rings is 2. The molecular weight excluding hydrogens is 450 g/mol. The number of sulfonamides is 1. The fourth-order valence-electron chi connectivity index (χ4n) is 3.89. The predicted octanol–water partition coefficient (Wildman–Crippen LogP) is 4.24. The Kier molecular flexibility index (Phi) is 7.43. The lowest BCUT2D eigenvalue weighted by molar-refractivity contribution is 0.0934. The van der Waals surface area contributed by atoms with Crippen molar-refractivity contribution >= 4 is 33.0 Å². The standard InChI is InChI=1S/C23H26ClN3O2S2/c24-23-12-11-20(30-23)18-26-13-15-27(16-14-26)22(19-7-3-1-4-8-19)17-25-31(28,29)21-9-5-2-6-10-21/h1-12,22,25H,13-18H2. The lowest BCUT2D eigenvalue weighted by Crippen LogP contribution is -2.49. The van der Waals surface area contributed by atoms with Gasteiger partial charge in [0, 0.05) is 50.2 Å². The number of hydrogen-bond acceptors (Lipinski definition) is 5. The molecule has 31 heavy (non-hydrogen) atoms. The van der Waals surface area contributed by atoms with Gasteiger partial charge in [-0.25, -0.2) is 13.1 Å². The van der Waals surface area contributed by atoms with Crippen LogP contribution >= 0.6 is 22.9 Å². The topological polar surface area (TPSA) is 52.7 Å². The zero-order valence-corrected chi connectivity index (χ0v) is 19.5. The van der Waals surface area contributed by atoms with Crippen LogP contribution in [0.5, 0.6) is 0 Å². The molecule has 0 bridgehead atoms. The first-order valence-electron chi connectivity index (χ1n) is 10.3. The molecule has 0 saturated carbocycles. The van der Waals surface area contributed by atoms with Gasteiger partial charge in [-0.3, -0.25) is 9.80 Å². The van der Waals surface area contributed by atoms with E-state index in [-0.39, 0.29) is 6.04 Å². The van der Waals surface area contributed by atoms with Gasteiger partial charge in [-0.05, 0) is 29.8 Å². The Labute approximate surface area is 193 Å². The normalized spacial score (nSPS) is 16.9. The van der Waals surface area contributed by atoms with Crippen molar-refractivity contribution in [1.29, 1.82) is 0 Å². The molecule has 1 aliphatic rings. The van der Waals surface area contributed by atoms with E-state index in [0.717, 1.165) is 42.6 Å². The summed E-state index contributed by atoms with van der Waals surface area (Å²) in [5, 5.41) is 0. The van der Waals surface area contributed by atoms with E-state index >= 15 is 0 Å². The van der Waals surface area contributed by atoms with E-state index in [1.165, 1.54) is 4.88 Å². The largest absolute Gasteiger partial charge is 0.296 e. The minimum Gasteiger partial charge on any atom is -0.296 e. The molecule has 0 radical (unpaired) electrons. The smallest absolute Gasteiger partial charge is 0.240 e. The van der Waals surface area contributed by atoms with Crippen LogP contribution in [-0.2, 0) is 16.6 Å². The van der Waals surface area contributed by atoms with Crippen LogP contribution in [0.4, 0.5) is 0 Å². The zero-order valence-electron chi connectivity index (χ0n) is 17.2. The maximum atomic E-state index is 12.8. The lowest BCUT2D eigenvalue weighted by Gasteiger charge is -2.39. The van der Waals surface area contributed by atoms with Crippen molar-refractivity contribution in [2.75, 3.05) is 32.7 Å². The van der Waals surface area contributed by atoms with Crippen molar-refractivity contribution < 1.29 is 8.42 Å². The molecule has 0 aliphatic carbocycles. The summed E-state index contributed by atoms with van der Waals surface area (Å²) in [5.74, 6) is 0. The molecule has 164 valence electrons. The molecule has 3 aromatic rings. The Bertz CT molecular complexity index is 1070. The van der Waals surface area contributed by atoms with Crippen LogP contribution < -0.4 is 4.72 Å². The van der Waals surface area contributed by atoms with Gasteiger partial charge in [0.05, 0.1) is 9.23 Å². The number of nitrogens with one attached hydrogen (secondary N) is 1. The molecule has 1 saturated heterocycles. The number of piperazine rings is 1. The van der Waals surface area contributed by atoms with Gasteiger partial charge < -0.3 is 0 Å². The first-order valence-corrected chi connectivity index (χ1v) is 13.0. The van der Waals surface area contributed by atoms with E-state index in [4.69, 9.17) is 11.6 Å². The summed E-state index contributed by atoms with van der Waals surface area (Å²) in [7, 11) is -3.55. The van der Waals surface area contributed by atoms with Crippen molar-refractivity contribution in [2.45, 2.75) is 17.5 Å². The van der Waals surface area contributed by atoms with Gasteiger partial charge in [0.1, 0.15) is 0 Å². The number of rotatable bonds is 8. The predicted molar refractivity (Wildman–Crippen MR) is 127 cm³/mol. The summed E-state index contributed by atoms with van der Waals surface area (Å²) in [6, 6.07) is 22.7. The van der Waals surface area contributed by atoms with Crippen molar-refractivity contribution in [3.05, 3.63) is 87.6 Å². The highest BCUT2D eigenvalue weighted by Gasteiger charge is 2.27. The molecule has 1 aromatic heterocycles. The number of hydrogen-bond donors (Lipinski definition) is 1. The van der Waals surface area contributed by atoms with E-state index in [2.05, 4.69) is 32.7 Å². The van der Waals surface area contributed by atoms with Gasteiger partial charge >= 0.3 is 0 Å². The molecule has 1 atom stereocenters. The molecule has 1 N–H and O–H groups in total. The molecule has 1 unspecified atom stereocenters. The highest BCUT2D eigenvalue weighted by Crippen LogP contribution is 2.25. The van der Waals surface area contributed by atoms with Gasteiger partial charge in [0.2, 0.25) is 10.0 Å². The molecular formula is C23H26ClN3O2S2. The fourth-order valence-corrected chi connectivity index (χ4v) is 6.08. The van der Waals surface area contributed by atoms with Crippen molar-refractivity contribution in [1.82, 2.24) is 14.5 Å². The Morgan fingerprint density at radius 3 is 2.16 bits per heavy atom. The quantitative estimate of drug-likeness (QED) is 0.529. The summed E-state index contributed by atoms with van der Waals surface area (Å²) in [4.78, 5) is 6.37. The average Bonchev–Trinajstić information content (AvgIpc) is 3.21. The fraction of sp³-hybridized carbons (Fsp3) is 0.304. The second-order valence-corrected chi connectivity index (χ2v) is 11.2. The third kappa shape index (κ3) is 5.94. The van der Waals surface area contributed by atoms with E-state index in [0.29, 0.717) is 11.4 Å². The van der Waals surface area contributed by atoms with Crippen molar-refractivity contribution in [2.24, 2.45) is 0 Å². The molecule has 1 fully saturated rings. The Morgan fingerprint density at radius 1 is 0.903 bits per heavy atom. The van der Waals surface area contributed by atoms with E-state index < -0.39 is 10.0 Å². The van der Waals surface area contributed by atoms with Crippen LogP contribution in [0.25, 0.3) is 0 Å². The van der Waals surface area contributed by atoms with Crippen molar-refractivity contribution in [3.63, 3.8) is 0 Å². The summed E-state index contributed by atoms with van der Waals surface area (Å²) in [5.41, 5.74) is 1.12. The second kappa shape index (κ2) is 10.3. The minimum atomic E-state index is -3.55. The van der Waals surface area contributed by atoms with Crippen LogP contribution in [0.2, 0.25) is 4.34 Å². The second-order valence-electron chi connectivity index (χ2n) is 7.61. The molecule has 2 aromatic carbocycles. The summed E-state index contributed by atoms with van der Waals surface area (Å²) in [6.45, 7) is 4.87. The van der Waals surface area contributed by atoms with Crippen LogP contribution in [0.15, 0.2) is 77.7 Å². The molecule has 8 heteroatoms. The highest BCUT2D eigenvalue weighted by molar-refractivity contribution is 7.89. The Morgan fingerprint density at radius 2 is 1.55 bits per heavy atom. The number of halogens is 1. The molecule has 0 amide bonds. The van der Waals surface area contributed by atoms with Crippen LogP contribution in [-0.4, -0.2) is 50.9 Å². The van der Waals surface area contributed by atoms with E-state index in [1.807, 2.05) is 30.3 Å². The summed E-state index contributed by atoms with van der Waals surface area (Å²) < 4.78 is 29.2.